The summed E-state index contributed by atoms with van der Waals surface area (Å²) in [4.78, 5) is 14.7. The summed E-state index contributed by atoms with van der Waals surface area (Å²) in [5.41, 5.74) is 0.978. The van der Waals surface area contributed by atoms with Gasteiger partial charge in [-0.3, -0.25) is 10.1 Å². The minimum absolute atomic E-state index is 0.0596. The number of nitro benzene ring substituents is 1. The smallest absolute Gasteiger partial charge is 0.398 e. The maximum atomic E-state index is 14.4. The number of aromatic nitrogens is 2. The first kappa shape index (κ1) is 20.9. The zero-order valence-electron chi connectivity index (χ0n) is 16.5. The van der Waals surface area contributed by atoms with Crippen molar-refractivity contribution in [3.63, 3.8) is 0 Å². The highest BCUT2D eigenvalue weighted by atomic mass is 19.1. The number of methoxy groups -OCH3 is 1. The zero-order chi connectivity index (χ0) is 21.5. The quantitative estimate of drug-likeness (QED) is 0.239. The van der Waals surface area contributed by atoms with Crippen molar-refractivity contribution in [3.05, 3.63) is 70.7 Å². The molecule has 0 bridgehead atoms. The molecule has 0 unspecified atom stereocenters. The van der Waals surface area contributed by atoms with Crippen molar-refractivity contribution in [2.24, 2.45) is 7.05 Å². The first-order valence-electron chi connectivity index (χ1n) is 9.03. The van der Waals surface area contributed by atoms with Gasteiger partial charge < -0.3 is 14.8 Å². The SMILES string of the molecule is COCCOc1ccc(Nc2nc(Nc3cccc([N+](=O)[O-])c3)c(F)c[n+]2C)cc1. The van der Waals surface area contributed by atoms with Gasteiger partial charge in [0.25, 0.3) is 5.69 Å². The van der Waals surface area contributed by atoms with E-state index in [-0.39, 0.29) is 11.5 Å². The van der Waals surface area contributed by atoms with Gasteiger partial charge in [0.2, 0.25) is 11.6 Å². The van der Waals surface area contributed by atoms with Gasteiger partial charge in [0.1, 0.15) is 18.6 Å². The largest absolute Gasteiger partial charge is 0.491 e. The molecular formula is C20H21FN5O4+. The Morgan fingerprint density at radius 1 is 1.13 bits per heavy atom. The van der Waals surface area contributed by atoms with Crippen molar-refractivity contribution in [1.29, 1.82) is 0 Å². The number of hydrogen-bond acceptors (Lipinski definition) is 7. The summed E-state index contributed by atoms with van der Waals surface area (Å²) >= 11 is 0. The molecule has 30 heavy (non-hydrogen) atoms. The van der Waals surface area contributed by atoms with E-state index in [1.165, 1.54) is 29.0 Å². The number of hydrogen-bond donors (Lipinski definition) is 2. The maximum absolute atomic E-state index is 14.4. The van der Waals surface area contributed by atoms with E-state index in [4.69, 9.17) is 9.47 Å². The van der Waals surface area contributed by atoms with Gasteiger partial charge >= 0.3 is 5.95 Å². The molecule has 10 heteroatoms. The second-order valence-electron chi connectivity index (χ2n) is 6.30. The molecule has 9 nitrogen and oxygen atoms in total. The summed E-state index contributed by atoms with van der Waals surface area (Å²) in [6.45, 7) is 0.945. The topological polar surface area (TPSA) is 102 Å². The van der Waals surface area contributed by atoms with Crippen LogP contribution < -0.4 is 19.9 Å². The number of nitro groups is 1. The van der Waals surface area contributed by atoms with Crippen LogP contribution in [-0.2, 0) is 11.8 Å². The third-order valence-electron chi connectivity index (χ3n) is 4.07. The maximum Gasteiger partial charge on any atom is 0.398 e. The van der Waals surface area contributed by atoms with E-state index in [0.29, 0.717) is 30.6 Å². The molecule has 0 aliphatic heterocycles. The third kappa shape index (κ3) is 5.39. The van der Waals surface area contributed by atoms with Crippen molar-refractivity contribution >= 4 is 28.8 Å². The van der Waals surface area contributed by atoms with Crippen LogP contribution in [0.1, 0.15) is 0 Å². The monoisotopic (exact) mass is 414 g/mol. The van der Waals surface area contributed by atoms with Crippen LogP contribution >= 0.6 is 0 Å². The fraction of sp³-hybridized carbons (Fsp3) is 0.200. The minimum Gasteiger partial charge on any atom is -0.491 e. The van der Waals surface area contributed by atoms with Crippen molar-refractivity contribution < 1.29 is 23.4 Å². The van der Waals surface area contributed by atoms with Crippen LogP contribution in [0.3, 0.4) is 0 Å². The van der Waals surface area contributed by atoms with Gasteiger partial charge in [0.15, 0.2) is 0 Å². The molecule has 156 valence electrons. The van der Waals surface area contributed by atoms with Crippen molar-refractivity contribution in [2.45, 2.75) is 0 Å². The van der Waals surface area contributed by atoms with E-state index >= 15 is 0 Å². The van der Waals surface area contributed by atoms with Gasteiger partial charge in [-0.25, -0.2) is 9.88 Å². The molecule has 2 N–H and O–H groups in total. The molecule has 0 radical (unpaired) electrons. The molecule has 0 atom stereocenters. The Bertz CT molecular complexity index is 1030. The van der Waals surface area contributed by atoms with Gasteiger partial charge in [-0.15, -0.1) is 0 Å². The van der Waals surface area contributed by atoms with Crippen molar-refractivity contribution in [3.8, 4) is 5.75 Å². The zero-order valence-corrected chi connectivity index (χ0v) is 16.5. The Hall–Kier alpha value is -3.79. The highest BCUT2D eigenvalue weighted by Crippen LogP contribution is 2.23. The van der Waals surface area contributed by atoms with E-state index in [1.807, 2.05) is 0 Å². The molecule has 3 rings (SSSR count). The fourth-order valence-electron chi connectivity index (χ4n) is 2.57. The molecule has 0 aliphatic rings. The summed E-state index contributed by atoms with van der Waals surface area (Å²) in [7, 11) is 3.26. The lowest BCUT2D eigenvalue weighted by Gasteiger charge is -2.08. The summed E-state index contributed by atoms with van der Waals surface area (Å²) in [6, 6.07) is 13.0. The van der Waals surface area contributed by atoms with Gasteiger partial charge in [0, 0.05) is 24.9 Å². The average molecular weight is 414 g/mol. The number of nitrogens with zero attached hydrogens (tertiary/aromatic N) is 3. The van der Waals surface area contributed by atoms with Gasteiger partial charge in [-0.05, 0) is 35.3 Å². The van der Waals surface area contributed by atoms with E-state index in [9.17, 15) is 14.5 Å². The van der Waals surface area contributed by atoms with Crippen LogP contribution in [0, 0.1) is 15.9 Å². The Morgan fingerprint density at radius 2 is 1.90 bits per heavy atom. The Kier molecular flexibility index (Phi) is 6.71. The number of aryl methyl sites for hydroxylation is 1. The molecular weight excluding hydrogens is 393 g/mol. The summed E-state index contributed by atoms with van der Waals surface area (Å²) in [5, 5.41) is 16.8. The lowest BCUT2D eigenvalue weighted by molar-refractivity contribution is -0.660. The Labute approximate surface area is 172 Å². The first-order chi connectivity index (χ1) is 14.5. The molecule has 0 amide bonds. The predicted molar refractivity (Wildman–Crippen MR) is 109 cm³/mol. The Balaban J connectivity index is 1.76. The van der Waals surface area contributed by atoms with Crippen LogP contribution in [0.2, 0.25) is 0 Å². The first-order valence-corrected chi connectivity index (χ1v) is 9.03. The molecule has 0 saturated heterocycles. The van der Waals surface area contributed by atoms with Gasteiger partial charge in [-0.2, -0.15) is 4.39 Å². The number of non-ortho nitro benzene ring substituents is 1. The minimum atomic E-state index is -0.601. The highest BCUT2D eigenvalue weighted by Gasteiger charge is 2.18. The molecule has 0 aliphatic carbocycles. The lowest BCUT2D eigenvalue weighted by Crippen LogP contribution is -2.33. The summed E-state index contributed by atoms with van der Waals surface area (Å²) in [5.74, 6) is 0.409. The number of benzene rings is 2. The lowest BCUT2D eigenvalue weighted by atomic mass is 10.3. The Morgan fingerprint density at radius 3 is 2.60 bits per heavy atom. The number of ether oxygens (including phenoxy) is 2. The number of halogens is 1. The van der Waals surface area contributed by atoms with Crippen LogP contribution in [-0.4, -0.2) is 30.2 Å². The standard InChI is InChI=1S/C20H20FN5O4/c1-25-13-18(21)19(22-15-4-3-5-16(12-15)26(27)28)24-20(25)23-14-6-8-17(9-7-14)30-11-10-29-2/h3-9,12-13H,10-11H2,1-2H3,(H,22,23,24)/p+1. The fourth-order valence-corrected chi connectivity index (χ4v) is 2.57. The number of nitrogens with one attached hydrogen (secondary N) is 2. The van der Waals surface area contributed by atoms with Crippen LogP contribution in [0.15, 0.2) is 54.7 Å². The van der Waals surface area contributed by atoms with Gasteiger partial charge in [-0.1, -0.05) is 6.07 Å². The van der Waals surface area contributed by atoms with Crippen molar-refractivity contribution in [2.75, 3.05) is 31.0 Å². The van der Waals surface area contributed by atoms with E-state index < -0.39 is 10.7 Å². The van der Waals surface area contributed by atoms with E-state index in [0.717, 1.165) is 5.69 Å². The second kappa shape index (κ2) is 9.61. The molecule has 3 aromatic rings. The molecule has 2 aromatic carbocycles. The van der Waals surface area contributed by atoms with Crippen LogP contribution in [0.5, 0.6) is 5.75 Å². The van der Waals surface area contributed by atoms with Crippen LogP contribution in [0.25, 0.3) is 0 Å². The molecule has 0 spiro atoms. The molecule has 0 fully saturated rings. The third-order valence-corrected chi connectivity index (χ3v) is 4.07. The average Bonchev–Trinajstić information content (AvgIpc) is 2.73. The van der Waals surface area contributed by atoms with Gasteiger partial charge in [0.05, 0.1) is 24.3 Å². The highest BCUT2D eigenvalue weighted by molar-refractivity contribution is 5.61. The predicted octanol–water partition coefficient (Wildman–Crippen LogP) is 3.47. The summed E-state index contributed by atoms with van der Waals surface area (Å²) in [6.07, 6.45) is 1.26. The molecule has 1 heterocycles. The van der Waals surface area contributed by atoms with Crippen LogP contribution in [0.4, 0.5) is 33.2 Å². The molecule has 1 aromatic heterocycles. The summed E-state index contributed by atoms with van der Waals surface area (Å²) < 4.78 is 26.3. The molecule has 0 saturated carbocycles. The van der Waals surface area contributed by atoms with Crippen molar-refractivity contribution in [1.82, 2.24) is 4.98 Å². The number of rotatable bonds is 9. The normalized spacial score (nSPS) is 10.5. The number of anilines is 4. The second-order valence-corrected chi connectivity index (χ2v) is 6.30. The van der Waals surface area contributed by atoms with E-state index in [2.05, 4.69) is 15.6 Å². The van der Waals surface area contributed by atoms with E-state index in [1.54, 1.807) is 44.5 Å².